The number of aromatic nitrogens is 4. The van der Waals surface area contributed by atoms with Gasteiger partial charge in [-0.05, 0) is 58.6 Å². The highest BCUT2D eigenvalue weighted by atomic mass is 16.3. The average molecular weight is 755 g/mol. The fourth-order valence-electron chi connectivity index (χ4n) is 9.14. The van der Waals surface area contributed by atoms with Gasteiger partial charge in [0.2, 0.25) is 0 Å². The normalized spacial score (nSPS) is 12.1. The first-order valence-electron chi connectivity index (χ1n) is 19.8. The van der Waals surface area contributed by atoms with Crippen LogP contribution in [-0.2, 0) is 0 Å². The van der Waals surface area contributed by atoms with E-state index in [0.29, 0.717) is 23.1 Å². The molecule has 6 heteroatoms. The van der Waals surface area contributed by atoms with Crippen LogP contribution in [0.25, 0.3) is 127 Å². The molecule has 0 bridgehead atoms. The van der Waals surface area contributed by atoms with Gasteiger partial charge in [-0.2, -0.15) is 0 Å². The zero-order valence-corrected chi connectivity index (χ0v) is 31.4. The standard InChI is InChI=1S/C53H30N4O2/c1-2-14-32(15-3-1)51-54-52(40-22-12-21-38-36-19-8-10-23-45(36)58-49(38)40)56-53(55-51)41-27-28-43(47-39-20-9-11-24-46(39)59-50(41)47)57-44-30-34-17-5-4-16-33(34)29-42(44)37-26-25-31-13-6-7-18-35(31)48(37)57/h1-30H. The first-order valence-corrected chi connectivity index (χ1v) is 19.8. The van der Waals surface area contributed by atoms with Gasteiger partial charge in [0.1, 0.15) is 22.3 Å². The first-order chi connectivity index (χ1) is 29.2. The molecule has 0 fully saturated rings. The lowest BCUT2D eigenvalue weighted by Gasteiger charge is -2.14. The summed E-state index contributed by atoms with van der Waals surface area (Å²) in [5.74, 6) is 1.59. The van der Waals surface area contributed by atoms with E-state index in [1.165, 1.54) is 32.3 Å². The van der Waals surface area contributed by atoms with Gasteiger partial charge < -0.3 is 13.4 Å². The molecule has 0 aliphatic heterocycles. The van der Waals surface area contributed by atoms with E-state index in [4.69, 9.17) is 23.8 Å². The summed E-state index contributed by atoms with van der Waals surface area (Å²) < 4.78 is 15.9. The van der Waals surface area contributed by atoms with Crippen molar-refractivity contribution in [2.45, 2.75) is 0 Å². The molecule has 0 aliphatic carbocycles. The molecule has 0 N–H and O–H groups in total. The van der Waals surface area contributed by atoms with Gasteiger partial charge in [-0.3, -0.25) is 0 Å². The van der Waals surface area contributed by atoms with E-state index in [0.717, 1.165) is 71.7 Å². The van der Waals surface area contributed by atoms with Gasteiger partial charge in [-0.1, -0.05) is 140 Å². The van der Waals surface area contributed by atoms with Crippen molar-refractivity contribution in [1.29, 1.82) is 0 Å². The van der Waals surface area contributed by atoms with Crippen LogP contribution in [0.5, 0.6) is 0 Å². The number of fused-ring (bicyclic) bond motifs is 12. The second-order valence-corrected chi connectivity index (χ2v) is 15.1. The van der Waals surface area contributed by atoms with Gasteiger partial charge in [0, 0.05) is 37.9 Å². The molecule has 13 rings (SSSR count). The van der Waals surface area contributed by atoms with Crippen LogP contribution in [0, 0.1) is 0 Å². The van der Waals surface area contributed by atoms with Crippen molar-refractivity contribution in [1.82, 2.24) is 19.5 Å². The van der Waals surface area contributed by atoms with Crippen molar-refractivity contribution in [3.63, 3.8) is 0 Å². The molecule has 13 aromatic rings. The number of benzene rings is 9. The van der Waals surface area contributed by atoms with Crippen LogP contribution >= 0.6 is 0 Å². The lowest BCUT2D eigenvalue weighted by molar-refractivity contribution is 0.669. The minimum Gasteiger partial charge on any atom is -0.455 e. The van der Waals surface area contributed by atoms with Gasteiger partial charge in [-0.25, -0.2) is 15.0 Å². The van der Waals surface area contributed by atoms with E-state index in [1.807, 2.05) is 72.8 Å². The number of hydrogen-bond acceptors (Lipinski definition) is 5. The number of rotatable bonds is 4. The largest absolute Gasteiger partial charge is 0.455 e. The van der Waals surface area contributed by atoms with Crippen molar-refractivity contribution in [3.8, 4) is 39.9 Å². The molecule has 4 heterocycles. The lowest BCUT2D eigenvalue weighted by Crippen LogP contribution is -2.01. The van der Waals surface area contributed by atoms with E-state index < -0.39 is 0 Å². The Morgan fingerprint density at radius 2 is 0.983 bits per heavy atom. The fraction of sp³-hybridized carbons (Fsp3) is 0. The van der Waals surface area contributed by atoms with E-state index in [2.05, 4.69) is 114 Å². The van der Waals surface area contributed by atoms with Crippen molar-refractivity contribution < 1.29 is 8.83 Å². The Labute approximate surface area is 336 Å². The van der Waals surface area contributed by atoms with Gasteiger partial charge in [0.15, 0.2) is 17.5 Å². The lowest BCUT2D eigenvalue weighted by atomic mass is 10.0. The molecule has 274 valence electrons. The van der Waals surface area contributed by atoms with Crippen LogP contribution in [0.4, 0.5) is 0 Å². The smallest absolute Gasteiger partial charge is 0.167 e. The quantitative estimate of drug-likeness (QED) is 0.179. The number of nitrogens with zero attached hydrogens (tertiary/aromatic N) is 4. The van der Waals surface area contributed by atoms with Crippen molar-refractivity contribution in [2.75, 3.05) is 0 Å². The summed E-state index contributed by atoms with van der Waals surface area (Å²) in [6.45, 7) is 0. The highest BCUT2D eigenvalue weighted by molar-refractivity contribution is 6.23. The second-order valence-electron chi connectivity index (χ2n) is 15.1. The predicted octanol–water partition coefficient (Wildman–Crippen LogP) is 14.1. The van der Waals surface area contributed by atoms with Crippen LogP contribution in [0.15, 0.2) is 191 Å². The number of para-hydroxylation sites is 3. The minimum atomic E-state index is 0.510. The Morgan fingerprint density at radius 1 is 0.373 bits per heavy atom. The Bertz CT molecular complexity index is 3860. The molecule has 0 atom stereocenters. The zero-order chi connectivity index (χ0) is 38.6. The van der Waals surface area contributed by atoms with Crippen LogP contribution in [0.1, 0.15) is 0 Å². The van der Waals surface area contributed by atoms with Crippen LogP contribution in [-0.4, -0.2) is 19.5 Å². The second kappa shape index (κ2) is 12.2. The van der Waals surface area contributed by atoms with Crippen molar-refractivity contribution in [2.24, 2.45) is 0 Å². The molecule has 0 saturated heterocycles. The van der Waals surface area contributed by atoms with Crippen molar-refractivity contribution in [3.05, 3.63) is 182 Å². The van der Waals surface area contributed by atoms with Crippen molar-refractivity contribution >= 4 is 87.2 Å². The first kappa shape index (κ1) is 32.0. The third-order valence-corrected chi connectivity index (χ3v) is 11.8. The number of furan rings is 2. The van der Waals surface area contributed by atoms with Crippen LogP contribution in [0.2, 0.25) is 0 Å². The van der Waals surface area contributed by atoms with E-state index in [1.54, 1.807) is 0 Å². The average Bonchev–Trinajstić information content (AvgIpc) is 3.98. The molecular formula is C53H30N4O2. The van der Waals surface area contributed by atoms with E-state index in [-0.39, 0.29) is 0 Å². The summed E-state index contributed by atoms with van der Waals surface area (Å²) in [7, 11) is 0. The molecule has 0 spiro atoms. The summed E-state index contributed by atoms with van der Waals surface area (Å²) in [5.41, 5.74) is 8.80. The summed E-state index contributed by atoms with van der Waals surface area (Å²) >= 11 is 0. The molecule has 0 amide bonds. The molecule has 0 saturated carbocycles. The molecule has 0 aliphatic rings. The monoisotopic (exact) mass is 754 g/mol. The van der Waals surface area contributed by atoms with E-state index in [9.17, 15) is 0 Å². The Kier molecular flexibility index (Phi) is 6.63. The topological polar surface area (TPSA) is 69.9 Å². The molecular weight excluding hydrogens is 725 g/mol. The predicted molar refractivity (Wildman–Crippen MR) is 240 cm³/mol. The Morgan fingerprint density at radius 3 is 1.80 bits per heavy atom. The molecule has 59 heavy (non-hydrogen) atoms. The van der Waals surface area contributed by atoms with Gasteiger partial charge in [0.25, 0.3) is 0 Å². The maximum atomic E-state index is 6.93. The molecule has 0 radical (unpaired) electrons. The Hall–Kier alpha value is -8.09. The van der Waals surface area contributed by atoms with Gasteiger partial charge >= 0.3 is 0 Å². The molecule has 0 unspecified atom stereocenters. The third kappa shape index (κ3) is 4.71. The molecule has 6 nitrogen and oxygen atoms in total. The summed E-state index contributed by atoms with van der Waals surface area (Å²) in [6.07, 6.45) is 0. The molecule has 4 aromatic heterocycles. The van der Waals surface area contributed by atoms with Gasteiger partial charge in [-0.15, -0.1) is 0 Å². The van der Waals surface area contributed by atoms with E-state index >= 15 is 0 Å². The molecule has 9 aromatic carbocycles. The van der Waals surface area contributed by atoms with Crippen LogP contribution < -0.4 is 0 Å². The maximum absolute atomic E-state index is 6.93. The summed E-state index contributed by atoms with van der Waals surface area (Å²) in [5, 5.41) is 11.2. The highest BCUT2D eigenvalue weighted by Crippen LogP contribution is 2.45. The highest BCUT2D eigenvalue weighted by Gasteiger charge is 2.25. The SMILES string of the molecule is c1ccc(-c2nc(-c3cccc4c3oc3ccccc34)nc(-c3ccc(-n4c5cc6ccccc6cc5c5ccc6ccccc6c54)c4c3oc3ccccc34)n2)cc1. The summed E-state index contributed by atoms with van der Waals surface area (Å²) in [6, 6.07) is 63.3. The third-order valence-electron chi connectivity index (χ3n) is 11.8. The fourth-order valence-corrected chi connectivity index (χ4v) is 9.14. The zero-order valence-electron chi connectivity index (χ0n) is 31.4. The maximum Gasteiger partial charge on any atom is 0.167 e. The van der Waals surface area contributed by atoms with Gasteiger partial charge in [0.05, 0.1) is 33.2 Å². The summed E-state index contributed by atoms with van der Waals surface area (Å²) in [4.78, 5) is 15.6. The Balaban J connectivity index is 1.13. The minimum absolute atomic E-state index is 0.510. The number of hydrogen-bond donors (Lipinski definition) is 0. The van der Waals surface area contributed by atoms with Crippen LogP contribution in [0.3, 0.4) is 0 Å².